The SMILES string of the molecule is O=C(Cc1ccccc1)NC1C(=O)N2C(C(=O)OC(c3ccccc3)c3ccccc3)=C(Sc3sc4ccsc4c(=O)c3Cl)CS(=O)[C@H]12. The van der Waals surface area contributed by atoms with Gasteiger partial charge in [-0.05, 0) is 28.1 Å². The lowest BCUT2D eigenvalue weighted by molar-refractivity contribution is -0.154. The van der Waals surface area contributed by atoms with E-state index in [9.17, 15) is 23.4 Å². The molecule has 48 heavy (non-hydrogen) atoms. The molecule has 8 nitrogen and oxygen atoms in total. The van der Waals surface area contributed by atoms with Gasteiger partial charge in [0.2, 0.25) is 11.3 Å². The van der Waals surface area contributed by atoms with Crippen LogP contribution in [0.1, 0.15) is 22.8 Å². The summed E-state index contributed by atoms with van der Waals surface area (Å²) in [4.78, 5) is 55.6. The Balaban J connectivity index is 1.26. The van der Waals surface area contributed by atoms with Gasteiger partial charge in [0.25, 0.3) is 5.91 Å². The third-order valence-electron chi connectivity index (χ3n) is 7.87. The molecule has 0 radical (unpaired) electrons. The van der Waals surface area contributed by atoms with Crippen LogP contribution in [-0.2, 0) is 36.3 Å². The summed E-state index contributed by atoms with van der Waals surface area (Å²) in [6, 6.07) is 28.2. The average Bonchev–Trinajstić information content (AvgIpc) is 3.58. The summed E-state index contributed by atoms with van der Waals surface area (Å²) in [5.41, 5.74) is 1.77. The second-order valence-electron chi connectivity index (χ2n) is 11.0. The number of benzene rings is 3. The lowest BCUT2D eigenvalue weighted by atomic mass is 10.0. The van der Waals surface area contributed by atoms with Crippen LogP contribution in [0.3, 0.4) is 0 Å². The second-order valence-corrected chi connectivity index (χ2v) is 16.2. The molecule has 242 valence electrons. The largest absolute Gasteiger partial charge is 0.448 e. The van der Waals surface area contributed by atoms with E-state index in [1.54, 1.807) is 17.5 Å². The standard InChI is InChI=1S/C35H25ClN2O6S4/c36-26-29(40)31-23(16-17-45-31)46-35(26)47-24-19-48(43)33-27(37-25(39)18-20-10-4-1-5-11-20)32(41)38(33)28(24)34(42)44-30(21-12-6-2-7-13-21)22-14-8-3-9-15-22/h1-17,27,30,33H,18-19H2,(H,37,39)/t27?,33-,48?/m1/s1. The van der Waals surface area contributed by atoms with Crippen LogP contribution in [0, 0.1) is 0 Å². The number of amides is 2. The number of thioether (sulfide) groups is 1. The van der Waals surface area contributed by atoms with Crippen molar-refractivity contribution < 1.29 is 23.3 Å². The van der Waals surface area contributed by atoms with Gasteiger partial charge in [-0.3, -0.25) is 23.5 Å². The number of carbonyl (C=O) groups excluding carboxylic acids is 3. The fraction of sp³-hybridized carbons (Fsp3) is 0.143. The Morgan fingerprint density at radius 3 is 2.23 bits per heavy atom. The Hall–Kier alpha value is -4.07. The zero-order chi connectivity index (χ0) is 33.4. The van der Waals surface area contributed by atoms with Crippen molar-refractivity contribution in [1.29, 1.82) is 0 Å². The topological polar surface area (TPSA) is 110 Å². The lowest BCUT2D eigenvalue weighted by Gasteiger charge is -2.49. The minimum absolute atomic E-state index is 0.0134. The predicted molar refractivity (Wildman–Crippen MR) is 190 cm³/mol. The number of nitrogens with zero attached hydrogens (tertiary/aromatic N) is 1. The minimum Gasteiger partial charge on any atom is -0.448 e. The molecule has 1 saturated heterocycles. The highest BCUT2D eigenvalue weighted by molar-refractivity contribution is 8.06. The van der Waals surface area contributed by atoms with Crippen LogP contribution in [0.2, 0.25) is 5.02 Å². The summed E-state index contributed by atoms with van der Waals surface area (Å²) in [6.07, 6.45) is -0.780. The molecule has 1 N–H and O–H groups in total. The third-order valence-corrected chi connectivity index (χ3v) is 13.7. The van der Waals surface area contributed by atoms with Gasteiger partial charge < -0.3 is 10.1 Å². The highest BCUT2D eigenvalue weighted by atomic mass is 35.5. The molecule has 0 saturated carbocycles. The van der Waals surface area contributed by atoms with Gasteiger partial charge in [0.05, 0.1) is 36.6 Å². The highest BCUT2D eigenvalue weighted by Crippen LogP contribution is 2.45. The predicted octanol–water partition coefficient (Wildman–Crippen LogP) is 6.27. The molecule has 2 amide bonds. The number of hydrogen-bond acceptors (Lipinski definition) is 9. The molecule has 1 fully saturated rings. The number of rotatable bonds is 9. The number of halogens is 1. The lowest BCUT2D eigenvalue weighted by Crippen LogP contribution is -2.73. The van der Waals surface area contributed by atoms with Crippen molar-refractivity contribution in [3.63, 3.8) is 0 Å². The molecule has 0 spiro atoms. The summed E-state index contributed by atoms with van der Waals surface area (Å²) in [5, 5.41) is 3.53. The molecule has 2 aromatic heterocycles. The quantitative estimate of drug-likeness (QED) is 0.141. The maximum Gasteiger partial charge on any atom is 0.356 e. The summed E-state index contributed by atoms with van der Waals surface area (Å²) < 4.78 is 21.6. The van der Waals surface area contributed by atoms with Crippen LogP contribution in [0.15, 0.2) is 122 Å². The highest BCUT2D eigenvalue weighted by Gasteiger charge is 2.57. The fourth-order valence-corrected chi connectivity index (χ4v) is 11.3. The van der Waals surface area contributed by atoms with Crippen molar-refractivity contribution in [2.75, 3.05) is 5.75 Å². The molecular formula is C35H25ClN2O6S4. The molecule has 13 heteroatoms. The van der Waals surface area contributed by atoms with Crippen molar-refractivity contribution in [3.05, 3.63) is 145 Å². The fourth-order valence-electron chi connectivity index (χ4n) is 5.62. The molecule has 2 aliphatic heterocycles. The molecule has 2 unspecified atom stereocenters. The molecule has 3 atom stereocenters. The van der Waals surface area contributed by atoms with Gasteiger partial charge in [0, 0.05) is 4.91 Å². The number of esters is 1. The van der Waals surface area contributed by atoms with Crippen molar-refractivity contribution in [2.24, 2.45) is 0 Å². The smallest absolute Gasteiger partial charge is 0.356 e. The second kappa shape index (κ2) is 13.8. The van der Waals surface area contributed by atoms with Gasteiger partial charge in [-0.2, -0.15) is 0 Å². The first-order valence-corrected chi connectivity index (χ1v) is 19.0. The Morgan fingerprint density at radius 1 is 0.958 bits per heavy atom. The van der Waals surface area contributed by atoms with E-state index in [1.807, 2.05) is 84.9 Å². The maximum absolute atomic E-state index is 14.3. The average molecular weight is 733 g/mol. The van der Waals surface area contributed by atoms with E-state index in [-0.39, 0.29) is 33.2 Å². The van der Waals surface area contributed by atoms with E-state index < -0.39 is 46.1 Å². The van der Waals surface area contributed by atoms with Crippen molar-refractivity contribution in [1.82, 2.24) is 10.2 Å². The molecule has 3 aromatic carbocycles. The molecule has 5 aromatic rings. The van der Waals surface area contributed by atoms with E-state index in [4.69, 9.17) is 16.3 Å². The Labute approximate surface area is 294 Å². The van der Waals surface area contributed by atoms with Gasteiger partial charge in [0.1, 0.15) is 22.1 Å². The van der Waals surface area contributed by atoms with Gasteiger partial charge in [-0.25, -0.2) is 4.79 Å². The summed E-state index contributed by atoms with van der Waals surface area (Å²) >= 11 is 10.2. The van der Waals surface area contributed by atoms with Crippen molar-refractivity contribution in [3.8, 4) is 0 Å². The van der Waals surface area contributed by atoms with Crippen LogP contribution in [0.4, 0.5) is 0 Å². The molecule has 0 aliphatic carbocycles. The van der Waals surface area contributed by atoms with Crippen molar-refractivity contribution >= 4 is 84.0 Å². The number of nitrogens with one attached hydrogen (secondary N) is 1. The number of ether oxygens (including phenoxy) is 1. The Morgan fingerprint density at radius 2 is 1.58 bits per heavy atom. The molecule has 4 heterocycles. The number of β-lactam (4-membered cyclic amide) rings is 1. The van der Waals surface area contributed by atoms with Crippen LogP contribution in [0.5, 0.6) is 0 Å². The van der Waals surface area contributed by atoms with Gasteiger partial charge in [-0.15, -0.1) is 22.7 Å². The number of hydrogen-bond donors (Lipinski definition) is 1. The maximum atomic E-state index is 14.3. The number of fused-ring (bicyclic) bond motifs is 2. The van der Waals surface area contributed by atoms with Crippen LogP contribution >= 0.6 is 46.0 Å². The zero-order valence-corrected chi connectivity index (χ0v) is 28.9. The molecular weight excluding hydrogens is 708 g/mol. The molecule has 7 rings (SSSR count). The van der Waals surface area contributed by atoms with Gasteiger partial charge in [0.15, 0.2) is 6.10 Å². The van der Waals surface area contributed by atoms with Crippen LogP contribution < -0.4 is 10.7 Å². The number of carbonyl (C=O) groups is 3. The first kappa shape index (κ1) is 32.5. The monoisotopic (exact) mass is 732 g/mol. The van der Waals surface area contributed by atoms with Gasteiger partial charge >= 0.3 is 5.97 Å². The van der Waals surface area contributed by atoms with E-state index in [0.29, 0.717) is 20.0 Å². The van der Waals surface area contributed by atoms with E-state index >= 15 is 0 Å². The summed E-state index contributed by atoms with van der Waals surface area (Å²) in [7, 11) is -1.71. The van der Waals surface area contributed by atoms with E-state index in [2.05, 4.69) is 5.32 Å². The van der Waals surface area contributed by atoms with Crippen LogP contribution in [0.25, 0.3) is 9.40 Å². The first-order chi connectivity index (χ1) is 23.3. The van der Waals surface area contributed by atoms with Crippen molar-refractivity contribution in [2.45, 2.75) is 28.1 Å². The molecule has 2 aliphatic rings. The minimum atomic E-state index is -1.71. The zero-order valence-electron chi connectivity index (χ0n) is 24.9. The van der Waals surface area contributed by atoms with E-state index in [0.717, 1.165) is 22.0 Å². The normalized spacial score (nSPS) is 18.8. The Bertz CT molecular complexity index is 2110. The number of thiophene rings is 1. The Kier molecular flexibility index (Phi) is 9.34. The van der Waals surface area contributed by atoms with Crippen LogP contribution in [-0.4, -0.2) is 44.1 Å². The first-order valence-electron chi connectivity index (χ1n) is 14.8. The third kappa shape index (κ3) is 6.26. The van der Waals surface area contributed by atoms with Gasteiger partial charge in [-0.1, -0.05) is 114 Å². The van der Waals surface area contributed by atoms with E-state index in [1.165, 1.54) is 27.6 Å². The summed E-state index contributed by atoms with van der Waals surface area (Å²) in [5.74, 6) is -1.91. The summed E-state index contributed by atoms with van der Waals surface area (Å²) in [6.45, 7) is 0. The molecule has 0 bridgehead atoms.